The third kappa shape index (κ3) is 4.14. The lowest BCUT2D eigenvalue weighted by Gasteiger charge is -2.13. The molecular weight excluding hydrogens is 413 g/mol. The molecule has 0 saturated heterocycles. The molecule has 0 unspecified atom stereocenters. The zero-order valence-electron chi connectivity index (χ0n) is 16.0. The van der Waals surface area contributed by atoms with Crippen molar-refractivity contribution >= 4 is 16.6 Å². The van der Waals surface area contributed by atoms with Gasteiger partial charge in [0.1, 0.15) is 11.6 Å². The summed E-state index contributed by atoms with van der Waals surface area (Å²) in [6.45, 7) is 4.01. The normalized spacial score (nSPS) is 11.6. The number of rotatable bonds is 5. The highest BCUT2D eigenvalue weighted by molar-refractivity contribution is 5.91. The summed E-state index contributed by atoms with van der Waals surface area (Å²) in [7, 11) is 0. The standard InChI is InChI=1S/C23H16F5N3/c1-14(29-12-15-5-10-21(25)20(11-15)23(26,27)28)18-3-2-4-22-19(18)13-30-31(22)17-8-6-16(24)7-9-17/h2-11,13,29H,1,12H2. The average Bonchev–Trinajstić information content (AvgIpc) is 3.17. The van der Waals surface area contributed by atoms with Gasteiger partial charge < -0.3 is 5.32 Å². The lowest BCUT2D eigenvalue weighted by atomic mass is 10.1. The number of hydrogen-bond donors (Lipinski definition) is 1. The lowest BCUT2D eigenvalue weighted by molar-refractivity contribution is -0.140. The monoisotopic (exact) mass is 429 g/mol. The van der Waals surface area contributed by atoms with Gasteiger partial charge in [0.2, 0.25) is 0 Å². The van der Waals surface area contributed by atoms with Gasteiger partial charge in [-0.2, -0.15) is 18.3 Å². The minimum absolute atomic E-state index is 0.0324. The van der Waals surface area contributed by atoms with Crippen molar-refractivity contribution in [2.24, 2.45) is 0 Å². The maximum Gasteiger partial charge on any atom is 0.419 e. The van der Waals surface area contributed by atoms with E-state index < -0.39 is 17.6 Å². The van der Waals surface area contributed by atoms with Crippen LogP contribution in [0.1, 0.15) is 16.7 Å². The molecule has 3 nitrogen and oxygen atoms in total. The van der Waals surface area contributed by atoms with Gasteiger partial charge in [0.05, 0.1) is 23.0 Å². The van der Waals surface area contributed by atoms with Gasteiger partial charge in [-0.05, 0) is 48.0 Å². The molecule has 1 heterocycles. The summed E-state index contributed by atoms with van der Waals surface area (Å²) in [6.07, 6.45) is -3.13. The smallest absolute Gasteiger partial charge is 0.381 e. The molecule has 0 bridgehead atoms. The van der Waals surface area contributed by atoms with Crippen molar-refractivity contribution in [1.82, 2.24) is 15.1 Å². The molecule has 31 heavy (non-hydrogen) atoms. The number of aromatic nitrogens is 2. The molecule has 4 rings (SSSR count). The number of fused-ring (bicyclic) bond motifs is 1. The molecule has 158 valence electrons. The molecule has 0 fully saturated rings. The fourth-order valence-corrected chi connectivity index (χ4v) is 3.31. The molecule has 0 atom stereocenters. The Balaban J connectivity index is 1.58. The molecule has 0 aliphatic carbocycles. The van der Waals surface area contributed by atoms with Crippen molar-refractivity contribution in [3.8, 4) is 5.69 Å². The van der Waals surface area contributed by atoms with Gasteiger partial charge in [0.25, 0.3) is 0 Å². The van der Waals surface area contributed by atoms with Gasteiger partial charge in [-0.1, -0.05) is 24.8 Å². The van der Waals surface area contributed by atoms with E-state index >= 15 is 0 Å². The van der Waals surface area contributed by atoms with Crippen LogP contribution < -0.4 is 5.32 Å². The maximum atomic E-state index is 13.5. The van der Waals surface area contributed by atoms with Crippen LogP contribution in [0.3, 0.4) is 0 Å². The number of hydrogen-bond acceptors (Lipinski definition) is 2. The number of halogens is 5. The largest absolute Gasteiger partial charge is 0.419 e. The molecule has 1 N–H and O–H groups in total. The zero-order valence-corrected chi connectivity index (χ0v) is 16.0. The molecule has 1 aromatic heterocycles. The van der Waals surface area contributed by atoms with Gasteiger partial charge in [0, 0.05) is 23.2 Å². The van der Waals surface area contributed by atoms with Gasteiger partial charge in [0.15, 0.2) is 0 Å². The second-order valence-electron chi connectivity index (χ2n) is 6.92. The highest BCUT2D eigenvalue weighted by atomic mass is 19.4. The summed E-state index contributed by atoms with van der Waals surface area (Å²) >= 11 is 0. The number of alkyl halides is 3. The van der Waals surface area contributed by atoms with E-state index in [1.54, 1.807) is 35.1 Å². The van der Waals surface area contributed by atoms with Crippen LogP contribution in [-0.2, 0) is 12.7 Å². The quantitative estimate of drug-likeness (QED) is 0.390. The van der Waals surface area contributed by atoms with Crippen LogP contribution in [0.5, 0.6) is 0 Å². The topological polar surface area (TPSA) is 29.9 Å². The molecule has 4 aromatic rings. The van der Waals surface area contributed by atoms with Crippen LogP contribution in [0.25, 0.3) is 22.3 Å². The average molecular weight is 429 g/mol. The Kier molecular flexibility index (Phi) is 5.22. The highest BCUT2D eigenvalue weighted by Crippen LogP contribution is 2.32. The van der Waals surface area contributed by atoms with E-state index in [1.165, 1.54) is 18.2 Å². The van der Waals surface area contributed by atoms with Gasteiger partial charge >= 0.3 is 6.18 Å². The SMILES string of the molecule is C=C(NCc1ccc(F)c(C(F)(F)F)c1)c1cccc2c1cnn2-c1ccc(F)cc1. The highest BCUT2D eigenvalue weighted by Gasteiger charge is 2.34. The first kappa shape index (κ1) is 20.6. The molecular formula is C23H16F5N3. The number of nitrogens with zero attached hydrogens (tertiary/aromatic N) is 2. The van der Waals surface area contributed by atoms with E-state index in [0.717, 1.165) is 23.0 Å². The van der Waals surface area contributed by atoms with Crippen molar-refractivity contribution < 1.29 is 22.0 Å². The third-order valence-corrected chi connectivity index (χ3v) is 4.85. The Morgan fingerprint density at radius 1 is 1.00 bits per heavy atom. The lowest BCUT2D eigenvalue weighted by Crippen LogP contribution is -2.13. The van der Waals surface area contributed by atoms with E-state index in [-0.39, 0.29) is 17.9 Å². The molecule has 0 amide bonds. The van der Waals surface area contributed by atoms with E-state index in [4.69, 9.17) is 0 Å². The van der Waals surface area contributed by atoms with Gasteiger partial charge in [-0.3, -0.25) is 0 Å². The van der Waals surface area contributed by atoms with Crippen molar-refractivity contribution in [2.45, 2.75) is 12.7 Å². The van der Waals surface area contributed by atoms with Crippen LogP contribution in [-0.4, -0.2) is 9.78 Å². The minimum Gasteiger partial charge on any atom is -0.381 e. The third-order valence-electron chi connectivity index (χ3n) is 4.85. The Hall–Kier alpha value is -3.68. The summed E-state index contributed by atoms with van der Waals surface area (Å²) < 4.78 is 67.1. The van der Waals surface area contributed by atoms with Crippen LogP contribution >= 0.6 is 0 Å². The van der Waals surface area contributed by atoms with Crippen LogP contribution in [0, 0.1) is 11.6 Å². The van der Waals surface area contributed by atoms with Crippen LogP contribution in [0.2, 0.25) is 0 Å². The number of benzene rings is 3. The van der Waals surface area contributed by atoms with E-state index in [9.17, 15) is 22.0 Å². The Bertz CT molecular complexity index is 1260. The first-order valence-electron chi connectivity index (χ1n) is 9.25. The molecule has 8 heteroatoms. The molecule has 0 aliphatic rings. The first-order valence-corrected chi connectivity index (χ1v) is 9.25. The van der Waals surface area contributed by atoms with Crippen molar-refractivity contribution in [2.75, 3.05) is 0 Å². The predicted molar refractivity (Wildman–Crippen MR) is 108 cm³/mol. The molecule has 0 saturated carbocycles. The minimum atomic E-state index is -4.77. The van der Waals surface area contributed by atoms with Crippen molar-refractivity contribution in [3.05, 3.63) is 102 Å². The Labute approximate surface area is 174 Å². The van der Waals surface area contributed by atoms with Gasteiger partial charge in [-0.25, -0.2) is 13.5 Å². The van der Waals surface area contributed by atoms with Crippen molar-refractivity contribution in [1.29, 1.82) is 0 Å². The second-order valence-corrected chi connectivity index (χ2v) is 6.92. The summed E-state index contributed by atoms with van der Waals surface area (Å²) in [5, 5.41) is 8.12. The summed E-state index contributed by atoms with van der Waals surface area (Å²) in [5.74, 6) is -1.67. The molecule has 0 spiro atoms. The summed E-state index contributed by atoms with van der Waals surface area (Å²) in [6, 6.07) is 14.2. The number of nitrogens with one attached hydrogen (secondary N) is 1. The van der Waals surface area contributed by atoms with Crippen LogP contribution in [0.4, 0.5) is 22.0 Å². The van der Waals surface area contributed by atoms with Crippen LogP contribution in [0.15, 0.2) is 73.4 Å². The summed E-state index contributed by atoms with van der Waals surface area (Å²) in [5.41, 5.74) is 1.58. The zero-order chi connectivity index (χ0) is 22.2. The molecule has 3 aromatic carbocycles. The molecule has 0 aliphatic heterocycles. The Morgan fingerprint density at radius 2 is 1.74 bits per heavy atom. The van der Waals surface area contributed by atoms with E-state index in [0.29, 0.717) is 16.9 Å². The fourth-order valence-electron chi connectivity index (χ4n) is 3.31. The maximum absolute atomic E-state index is 13.5. The fraction of sp³-hybridized carbons (Fsp3) is 0.0870. The van der Waals surface area contributed by atoms with Crippen molar-refractivity contribution in [3.63, 3.8) is 0 Å². The Morgan fingerprint density at radius 3 is 2.45 bits per heavy atom. The van der Waals surface area contributed by atoms with Gasteiger partial charge in [-0.15, -0.1) is 0 Å². The van der Waals surface area contributed by atoms with E-state index in [1.807, 2.05) is 6.07 Å². The summed E-state index contributed by atoms with van der Waals surface area (Å²) in [4.78, 5) is 0. The predicted octanol–water partition coefficient (Wildman–Crippen LogP) is 6.08. The van der Waals surface area contributed by atoms with E-state index in [2.05, 4.69) is 17.0 Å². The molecule has 0 radical (unpaired) electrons. The first-order chi connectivity index (χ1) is 14.7. The second kappa shape index (κ2) is 7.86.